The third kappa shape index (κ3) is 2.11. The first kappa shape index (κ1) is 13.2. The zero-order valence-corrected chi connectivity index (χ0v) is 12.0. The molecular weight excluding hydrogens is 256 g/mol. The molecule has 20 heavy (non-hydrogen) atoms. The average Bonchev–Trinajstić information content (AvgIpc) is 2.89. The molecule has 0 spiro atoms. The Bertz CT molecular complexity index is 537. The molecule has 2 aliphatic rings. The van der Waals surface area contributed by atoms with Crippen LogP contribution in [0, 0.1) is 6.92 Å². The van der Waals surface area contributed by atoms with Crippen molar-refractivity contribution in [2.45, 2.75) is 45.2 Å². The van der Waals surface area contributed by atoms with Gasteiger partial charge in [0, 0.05) is 6.54 Å². The summed E-state index contributed by atoms with van der Waals surface area (Å²) in [6.07, 6.45) is 2.80. The fourth-order valence-electron chi connectivity index (χ4n) is 3.15. The van der Waals surface area contributed by atoms with E-state index in [1.54, 1.807) is 9.80 Å². The summed E-state index contributed by atoms with van der Waals surface area (Å²) in [6, 6.07) is 3.31. The van der Waals surface area contributed by atoms with Crippen molar-refractivity contribution in [3.63, 3.8) is 0 Å². The molecule has 2 fully saturated rings. The normalized spacial score (nSPS) is 24.8. The van der Waals surface area contributed by atoms with Crippen LogP contribution in [0.3, 0.4) is 0 Å². The molecule has 0 saturated carbocycles. The molecule has 1 aromatic heterocycles. The van der Waals surface area contributed by atoms with Crippen molar-refractivity contribution < 1.29 is 14.0 Å². The van der Waals surface area contributed by atoms with Gasteiger partial charge in [-0.2, -0.15) is 0 Å². The van der Waals surface area contributed by atoms with Crippen LogP contribution in [0.5, 0.6) is 0 Å². The van der Waals surface area contributed by atoms with E-state index in [1.165, 1.54) is 0 Å². The van der Waals surface area contributed by atoms with Gasteiger partial charge in [0.1, 0.15) is 24.1 Å². The number of fused-ring (bicyclic) bond motifs is 1. The van der Waals surface area contributed by atoms with Crippen LogP contribution in [0.15, 0.2) is 16.5 Å². The summed E-state index contributed by atoms with van der Waals surface area (Å²) in [4.78, 5) is 28.3. The Morgan fingerprint density at radius 2 is 2.10 bits per heavy atom. The maximum atomic E-state index is 12.6. The summed E-state index contributed by atoms with van der Waals surface area (Å²) in [7, 11) is 0. The largest absolute Gasteiger partial charge is 0.464 e. The molecule has 0 N–H and O–H groups in total. The van der Waals surface area contributed by atoms with Crippen molar-refractivity contribution >= 4 is 11.8 Å². The van der Waals surface area contributed by atoms with Crippen molar-refractivity contribution in [2.24, 2.45) is 0 Å². The van der Waals surface area contributed by atoms with E-state index >= 15 is 0 Å². The smallest absolute Gasteiger partial charge is 0.246 e. The van der Waals surface area contributed by atoms with E-state index in [1.807, 2.05) is 26.0 Å². The van der Waals surface area contributed by atoms with Gasteiger partial charge in [0.2, 0.25) is 11.8 Å². The minimum absolute atomic E-state index is 0.0597. The third-order valence-corrected chi connectivity index (χ3v) is 4.34. The second-order valence-corrected chi connectivity index (χ2v) is 5.69. The van der Waals surface area contributed by atoms with Crippen LogP contribution in [-0.4, -0.2) is 40.7 Å². The summed E-state index contributed by atoms with van der Waals surface area (Å²) < 4.78 is 5.60. The Balaban J connectivity index is 1.83. The summed E-state index contributed by atoms with van der Waals surface area (Å²) >= 11 is 0. The fourth-order valence-corrected chi connectivity index (χ4v) is 3.15. The third-order valence-electron chi connectivity index (χ3n) is 4.34. The predicted molar refractivity (Wildman–Crippen MR) is 72.9 cm³/mol. The Morgan fingerprint density at radius 3 is 2.80 bits per heavy atom. The molecule has 2 unspecified atom stereocenters. The molecule has 5 heteroatoms. The van der Waals surface area contributed by atoms with Crippen molar-refractivity contribution in [3.05, 3.63) is 23.7 Å². The summed E-state index contributed by atoms with van der Waals surface area (Å²) in [5.74, 6) is 1.69. The molecule has 0 bridgehead atoms. The SMILES string of the molecule is Cc1ccc(C(C)N2CC(=O)N3CCCCC3C2=O)o1. The minimum Gasteiger partial charge on any atom is -0.464 e. The van der Waals surface area contributed by atoms with Crippen molar-refractivity contribution in [3.8, 4) is 0 Å². The van der Waals surface area contributed by atoms with Crippen LogP contribution < -0.4 is 0 Å². The zero-order chi connectivity index (χ0) is 14.3. The molecule has 3 rings (SSSR count). The van der Waals surface area contributed by atoms with Crippen LogP contribution in [0.25, 0.3) is 0 Å². The standard InChI is InChI=1S/C15H20N2O3/c1-10-6-7-13(20-10)11(2)17-9-14(18)16-8-4-3-5-12(16)15(17)19/h6-7,11-12H,3-5,8-9H2,1-2H3. The van der Waals surface area contributed by atoms with Gasteiger partial charge in [-0.3, -0.25) is 9.59 Å². The summed E-state index contributed by atoms with van der Waals surface area (Å²) in [5, 5.41) is 0. The van der Waals surface area contributed by atoms with Gasteiger partial charge in [0.05, 0.1) is 6.04 Å². The molecule has 2 atom stereocenters. The molecule has 2 saturated heterocycles. The van der Waals surface area contributed by atoms with E-state index in [0.29, 0.717) is 0 Å². The van der Waals surface area contributed by atoms with Gasteiger partial charge in [0.25, 0.3) is 0 Å². The number of nitrogens with zero attached hydrogens (tertiary/aromatic N) is 2. The van der Waals surface area contributed by atoms with Crippen LogP contribution >= 0.6 is 0 Å². The Morgan fingerprint density at radius 1 is 1.30 bits per heavy atom. The highest BCUT2D eigenvalue weighted by molar-refractivity contribution is 5.95. The molecule has 5 nitrogen and oxygen atoms in total. The number of hydrogen-bond donors (Lipinski definition) is 0. The van der Waals surface area contributed by atoms with Gasteiger partial charge in [-0.1, -0.05) is 0 Å². The minimum atomic E-state index is -0.261. The molecule has 0 aliphatic carbocycles. The highest BCUT2D eigenvalue weighted by Crippen LogP contribution is 2.29. The van der Waals surface area contributed by atoms with E-state index in [9.17, 15) is 9.59 Å². The van der Waals surface area contributed by atoms with Gasteiger partial charge < -0.3 is 14.2 Å². The Kier molecular flexibility index (Phi) is 3.28. The lowest BCUT2D eigenvalue weighted by molar-refractivity contribution is -0.160. The van der Waals surface area contributed by atoms with Gasteiger partial charge in [-0.05, 0) is 45.2 Å². The van der Waals surface area contributed by atoms with Gasteiger partial charge in [0.15, 0.2) is 0 Å². The van der Waals surface area contributed by atoms with Gasteiger partial charge in [-0.15, -0.1) is 0 Å². The van der Waals surface area contributed by atoms with E-state index in [-0.39, 0.29) is 30.4 Å². The molecule has 3 heterocycles. The van der Waals surface area contributed by atoms with Crippen LogP contribution in [0.1, 0.15) is 43.7 Å². The lowest BCUT2D eigenvalue weighted by Gasteiger charge is -2.44. The average molecular weight is 276 g/mol. The number of carbonyl (C=O) groups excluding carboxylic acids is 2. The van der Waals surface area contributed by atoms with E-state index in [2.05, 4.69) is 0 Å². The Labute approximate surface area is 118 Å². The molecule has 1 aromatic rings. The zero-order valence-electron chi connectivity index (χ0n) is 12.0. The number of aryl methyl sites for hydroxylation is 1. The topological polar surface area (TPSA) is 53.8 Å². The van der Waals surface area contributed by atoms with Gasteiger partial charge in [-0.25, -0.2) is 0 Å². The molecule has 0 radical (unpaired) electrons. The maximum absolute atomic E-state index is 12.6. The maximum Gasteiger partial charge on any atom is 0.246 e. The van der Waals surface area contributed by atoms with Crippen LogP contribution in [0.4, 0.5) is 0 Å². The molecular formula is C15H20N2O3. The second-order valence-electron chi connectivity index (χ2n) is 5.69. The van der Waals surface area contributed by atoms with Crippen molar-refractivity contribution in [1.82, 2.24) is 9.80 Å². The quantitative estimate of drug-likeness (QED) is 0.828. The second kappa shape index (κ2) is 4.96. The number of piperidine rings is 1. The summed E-state index contributed by atoms with van der Waals surface area (Å²) in [5.41, 5.74) is 0. The number of rotatable bonds is 2. The monoisotopic (exact) mass is 276 g/mol. The number of carbonyl (C=O) groups is 2. The highest BCUT2D eigenvalue weighted by Gasteiger charge is 2.42. The number of hydrogen-bond acceptors (Lipinski definition) is 3. The molecule has 2 amide bonds. The molecule has 108 valence electrons. The number of piperazine rings is 1. The summed E-state index contributed by atoms with van der Waals surface area (Å²) in [6.45, 7) is 4.68. The first-order valence-corrected chi connectivity index (χ1v) is 7.24. The van der Waals surface area contributed by atoms with Crippen molar-refractivity contribution in [2.75, 3.05) is 13.1 Å². The number of furan rings is 1. The van der Waals surface area contributed by atoms with E-state index < -0.39 is 0 Å². The number of amides is 2. The van der Waals surface area contributed by atoms with Crippen molar-refractivity contribution in [1.29, 1.82) is 0 Å². The van der Waals surface area contributed by atoms with Gasteiger partial charge >= 0.3 is 0 Å². The van der Waals surface area contributed by atoms with Crippen LogP contribution in [-0.2, 0) is 9.59 Å². The molecule has 0 aromatic carbocycles. The first-order valence-electron chi connectivity index (χ1n) is 7.24. The molecule has 2 aliphatic heterocycles. The first-order chi connectivity index (χ1) is 9.58. The highest BCUT2D eigenvalue weighted by atomic mass is 16.3. The fraction of sp³-hybridized carbons (Fsp3) is 0.600. The van der Waals surface area contributed by atoms with E-state index in [4.69, 9.17) is 4.42 Å². The van der Waals surface area contributed by atoms with E-state index in [0.717, 1.165) is 37.3 Å². The lowest BCUT2D eigenvalue weighted by Crippen LogP contribution is -2.61. The Hall–Kier alpha value is -1.78. The van der Waals surface area contributed by atoms with Crippen LogP contribution in [0.2, 0.25) is 0 Å². The lowest BCUT2D eigenvalue weighted by atomic mass is 9.97. The predicted octanol–water partition coefficient (Wildman–Crippen LogP) is 1.87.